The Morgan fingerprint density at radius 3 is 2.83 bits per heavy atom. The fourth-order valence-corrected chi connectivity index (χ4v) is 3.16. The molecule has 2 nitrogen and oxygen atoms in total. The van der Waals surface area contributed by atoms with Crippen molar-refractivity contribution in [3.8, 4) is 0 Å². The number of halogens is 3. The third-order valence-electron chi connectivity index (χ3n) is 3.25. The van der Waals surface area contributed by atoms with E-state index in [1.807, 2.05) is 4.90 Å². The van der Waals surface area contributed by atoms with Crippen LogP contribution in [0.5, 0.6) is 0 Å². The van der Waals surface area contributed by atoms with Crippen molar-refractivity contribution in [3.05, 3.63) is 33.3 Å². The van der Waals surface area contributed by atoms with Crippen molar-refractivity contribution in [2.45, 2.75) is 18.7 Å². The summed E-state index contributed by atoms with van der Waals surface area (Å²) in [6, 6.07) is 5.23. The molecule has 5 heteroatoms. The second-order valence-electron chi connectivity index (χ2n) is 4.66. The predicted octanol–water partition coefficient (Wildman–Crippen LogP) is 4.19. The molecule has 1 heterocycles. The molecule has 0 bridgehead atoms. The minimum atomic E-state index is 0.0361. The highest BCUT2D eigenvalue weighted by Gasteiger charge is 2.28. The summed E-state index contributed by atoms with van der Waals surface area (Å²) in [7, 11) is 0. The van der Waals surface area contributed by atoms with E-state index in [4.69, 9.17) is 23.2 Å². The lowest BCUT2D eigenvalue weighted by atomic mass is 9.99. The number of hydrogen-bond acceptors (Lipinski definition) is 1. The molecular formula is C13H14BrCl2NO. The first-order valence-electron chi connectivity index (χ1n) is 5.87. The van der Waals surface area contributed by atoms with Gasteiger partial charge in [0.15, 0.2) is 0 Å². The quantitative estimate of drug-likeness (QED) is 0.695. The Balaban J connectivity index is 2.16. The summed E-state index contributed by atoms with van der Waals surface area (Å²) in [6.07, 6.45) is 0.847. The van der Waals surface area contributed by atoms with Crippen LogP contribution in [-0.2, 0) is 0 Å². The first-order chi connectivity index (χ1) is 8.49. The van der Waals surface area contributed by atoms with Crippen molar-refractivity contribution in [2.24, 2.45) is 5.92 Å². The van der Waals surface area contributed by atoms with Crippen LogP contribution < -0.4 is 0 Å². The largest absolute Gasteiger partial charge is 0.338 e. The number of hydrogen-bond donors (Lipinski definition) is 0. The zero-order chi connectivity index (χ0) is 13.3. The molecular weight excluding hydrogens is 337 g/mol. The van der Waals surface area contributed by atoms with Crippen molar-refractivity contribution in [1.29, 1.82) is 0 Å². The topological polar surface area (TPSA) is 20.3 Å². The molecule has 1 amide bonds. The van der Waals surface area contributed by atoms with Gasteiger partial charge in [-0.3, -0.25) is 4.79 Å². The highest BCUT2D eigenvalue weighted by atomic mass is 79.9. The van der Waals surface area contributed by atoms with Crippen LogP contribution in [0.3, 0.4) is 0 Å². The summed E-state index contributed by atoms with van der Waals surface area (Å²) in [4.78, 5) is 14.3. The third kappa shape index (κ3) is 3.01. The standard InChI is InChI=1S/C13H14BrCl2NO/c1-8-7-17(5-4-12(8)16)13(18)10-3-2-9(15)6-11(10)14/h2-3,6,8,12H,4-5,7H2,1H3. The normalized spacial score (nSPS) is 24.1. The smallest absolute Gasteiger partial charge is 0.255 e. The van der Waals surface area contributed by atoms with E-state index >= 15 is 0 Å². The van der Waals surface area contributed by atoms with Gasteiger partial charge in [-0.2, -0.15) is 0 Å². The molecule has 0 spiro atoms. The highest BCUT2D eigenvalue weighted by Crippen LogP contribution is 2.26. The van der Waals surface area contributed by atoms with Gasteiger partial charge in [0.05, 0.1) is 5.56 Å². The van der Waals surface area contributed by atoms with Crippen LogP contribution in [0.2, 0.25) is 5.02 Å². The monoisotopic (exact) mass is 349 g/mol. The van der Waals surface area contributed by atoms with E-state index < -0.39 is 0 Å². The van der Waals surface area contributed by atoms with E-state index in [2.05, 4.69) is 22.9 Å². The zero-order valence-electron chi connectivity index (χ0n) is 10.00. The maximum Gasteiger partial charge on any atom is 0.255 e. The molecule has 2 atom stereocenters. The van der Waals surface area contributed by atoms with Crippen LogP contribution in [0, 0.1) is 5.92 Å². The molecule has 1 aliphatic heterocycles. The average molecular weight is 351 g/mol. The molecule has 2 unspecified atom stereocenters. The molecule has 98 valence electrons. The average Bonchev–Trinajstić information content (AvgIpc) is 2.32. The van der Waals surface area contributed by atoms with Gasteiger partial charge < -0.3 is 4.90 Å². The first-order valence-corrected chi connectivity index (χ1v) is 7.48. The van der Waals surface area contributed by atoms with Crippen LogP contribution >= 0.6 is 39.1 Å². The van der Waals surface area contributed by atoms with E-state index in [0.29, 0.717) is 29.6 Å². The molecule has 1 aromatic carbocycles. The van der Waals surface area contributed by atoms with Crippen LogP contribution in [0.25, 0.3) is 0 Å². The Bertz CT molecular complexity index is 466. The Hall–Kier alpha value is -0.250. The van der Waals surface area contributed by atoms with Crippen molar-refractivity contribution in [2.75, 3.05) is 13.1 Å². The first kappa shape index (κ1) is 14.2. The zero-order valence-corrected chi connectivity index (χ0v) is 13.1. The molecule has 18 heavy (non-hydrogen) atoms. The maximum atomic E-state index is 12.4. The van der Waals surface area contributed by atoms with Gasteiger partial charge in [-0.25, -0.2) is 0 Å². The van der Waals surface area contributed by atoms with Gasteiger partial charge in [-0.15, -0.1) is 11.6 Å². The summed E-state index contributed by atoms with van der Waals surface area (Å²) in [6.45, 7) is 3.50. The Morgan fingerprint density at radius 1 is 1.50 bits per heavy atom. The molecule has 0 radical (unpaired) electrons. The van der Waals surface area contributed by atoms with E-state index in [9.17, 15) is 4.79 Å². The number of nitrogens with zero attached hydrogens (tertiary/aromatic N) is 1. The fraction of sp³-hybridized carbons (Fsp3) is 0.462. The molecule has 0 saturated carbocycles. The van der Waals surface area contributed by atoms with Crippen molar-refractivity contribution >= 4 is 45.0 Å². The number of likely N-dealkylation sites (tertiary alicyclic amines) is 1. The van der Waals surface area contributed by atoms with E-state index in [0.717, 1.165) is 10.9 Å². The van der Waals surface area contributed by atoms with E-state index in [-0.39, 0.29) is 11.3 Å². The predicted molar refractivity (Wildman–Crippen MR) is 78.5 cm³/mol. The van der Waals surface area contributed by atoms with Gasteiger partial charge in [0.2, 0.25) is 0 Å². The Labute approximate surface area is 125 Å². The Morgan fingerprint density at radius 2 is 2.22 bits per heavy atom. The molecule has 1 fully saturated rings. The number of carbonyl (C=O) groups excluding carboxylic acids is 1. The fourth-order valence-electron chi connectivity index (χ4n) is 2.13. The molecule has 0 aliphatic carbocycles. The number of benzene rings is 1. The highest BCUT2D eigenvalue weighted by molar-refractivity contribution is 9.10. The summed E-state index contributed by atoms with van der Waals surface area (Å²) >= 11 is 15.4. The Kier molecular flexibility index (Phi) is 4.57. The number of rotatable bonds is 1. The van der Waals surface area contributed by atoms with Gasteiger partial charge in [0, 0.05) is 28.0 Å². The van der Waals surface area contributed by atoms with Gasteiger partial charge in [0.1, 0.15) is 0 Å². The van der Waals surface area contributed by atoms with Crippen LogP contribution in [-0.4, -0.2) is 29.3 Å². The number of alkyl halides is 1. The lowest BCUT2D eigenvalue weighted by Crippen LogP contribution is -2.43. The van der Waals surface area contributed by atoms with Crippen LogP contribution in [0.15, 0.2) is 22.7 Å². The molecule has 2 rings (SSSR count). The van der Waals surface area contributed by atoms with Crippen molar-refractivity contribution in [3.63, 3.8) is 0 Å². The maximum absolute atomic E-state index is 12.4. The molecule has 0 N–H and O–H groups in total. The number of piperidine rings is 1. The second-order valence-corrected chi connectivity index (χ2v) is 6.51. The molecule has 1 aliphatic rings. The number of carbonyl (C=O) groups is 1. The van der Waals surface area contributed by atoms with E-state index in [1.54, 1.807) is 18.2 Å². The molecule has 1 saturated heterocycles. The summed E-state index contributed by atoms with van der Waals surface area (Å²) in [5, 5.41) is 0.786. The minimum absolute atomic E-state index is 0.0361. The summed E-state index contributed by atoms with van der Waals surface area (Å²) in [5.41, 5.74) is 0.652. The summed E-state index contributed by atoms with van der Waals surface area (Å²) in [5.74, 6) is 0.365. The third-order valence-corrected chi connectivity index (χ3v) is 4.79. The minimum Gasteiger partial charge on any atom is -0.338 e. The second kappa shape index (κ2) is 5.81. The number of amides is 1. The van der Waals surface area contributed by atoms with E-state index in [1.165, 1.54) is 0 Å². The van der Waals surface area contributed by atoms with Crippen LogP contribution in [0.1, 0.15) is 23.7 Å². The van der Waals surface area contributed by atoms with Gasteiger partial charge in [0.25, 0.3) is 5.91 Å². The molecule has 0 aromatic heterocycles. The van der Waals surface area contributed by atoms with Gasteiger partial charge >= 0.3 is 0 Å². The van der Waals surface area contributed by atoms with Gasteiger partial charge in [-0.1, -0.05) is 18.5 Å². The van der Waals surface area contributed by atoms with Crippen molar-refractivity contribution in [1.82, 2.24) is 4.90 Å². The lowest BCUT2D eigenvalue weighted by Gasteiger charge is -2.34. The lowest BCUT2D eigenvalue weighted by molar-refractivity contribution is 0.0686. The summed E-state index contributed by atoms with van der Waals surface area (Å²) < 4.78 is 0.737. The van der Waals surface area contributed by atoms with Crippen LogP contribution in [0.4, 0.5) is 0 Å². The molecule has 1 aromatic rings. The van der Waals surface area contributed by atoms with Crippen molar-refractivity contribution < 1.29 is 4.79 Å². The van der Waals surface area contributed by atoms with Gasteiger partial charge in [-0.05, 0) is 46.5 Å². The SMILES string of the molecule is CC1CN(C(=O)c2ccc(Cl)cc2Br)CCC1Cl.